The van der Waals surface area contributed by atoms with E-state index in [0.717, 1.165) is 5.69 Å². The average molecular weight is 293 g/mol. The van der Waals surface area contributed by atoms with Crippen LogP contribution in [0, 0.1) is 16.0 Å². The van der Waals surface area contributed by atoms with Crippen LogP contribution in [0.2, 0.25) is 0 Å². The SMILES string of the molecule is CC(CN)C(=O)N1CCN(c2ccc([N+](=O)[O-])nc2)CC1. The molecular formula is C13H19N5O3. The van der Waals surface area contributed by atoms with E-state index in [1.807, 2.05) is 11.8 Å². The molecule has 114 valence electrons. The van der Waals surface area contributed by atoms with Crippen LogP contribution in [0.4, 0.5) is 11.5 Å². The second-order valence-electron chi connectivity index (χ2n) is 5.08. The van der Waals surface area contributed by atoms with Gasteiger partial charge in [0.25, 0.3) is 0 Å². The zero-order valence-electron chi connectivity index (χ0n) is 11.9. The number of anilines is 1. The fourth-order valence-corrected chi connectivity index (χ4v) is 2.27. The van der Waals surface area contributed by atoms with Gasteiger partial charge in [-0.25, -0.2) is 0 Å². The zero-order valence-corrected chi connectivity index (χ0v) is 11.9. The number of carbonyl (C=O) groups is 1. The molecule has 1 unspecified atom stereocenters. The minimum absolute atomic E-state index is 0.0824. The Morgan fingerprint density at radius 2 is 2.10 bits per heavy atom. The van der Waals surface area contributed by atoms with Gasteiger partial charge in [0.2, 0.25) is 5.91 Å². The lowest BCUT2D eigenvalue weighted by atomic mass is 10.1. The van der Waals surface area contributed by atoms with Gasteiger partial charge in [0.15, 0.2) is 6.20 Å². The monoisotopic (exact) mass is 293 g/mol. The molecular weight excluding hydrogens is 274 g/mol. The van der Waals surface area contributed by atoms with E-state index in [-0.39, 0.29) is 17.6 Å². The minimum atomic E-state index is -0.519. The number of hydrogen-bond donors (Lipinski definition) is 1. The Hall–Kier alpha value is -2.22. The highest BCUT2D eigenvalue weighted by Crippen LogP contribution is 2.18. The van der Waals surface area contributed by atoms with Crippen LogP contribution in [0.25, 0.3) is 0 Å². The van der Waals surface area contributed by atoms with E-state index >= 15 is 0 Å². The number of rotatable bonds is 4. The highest BCUT2D eigenvalue weighted by atomic mass is 16.6. The van der Waals surface area contributed by atoms with Crippen LogP contribution in [-0.4, -0.2) is 53.4 Å². The predicted molar refractivity (Wildman–Crippen MR) is 77.9 cm³/mol. The molecule has 1 aliphatic heterocycles. The van der Waals surface area contributed by atoms with Crippen LogP contribution < -0.4 is 10.6 Å². The Labute approximate surface area is 122 Å². The van der Waals surface area contributed by atoms with E-state index in [4.69, 9.17) is 5.73 Å². The van der Waals surface area contributed by atoms with Gasteiger partial charge in [-0.1, -0.05) is 6.92 Å². The van der Waals surface area contributed by atoms with Gasteiger partial charge in [0.1, 0.15) is 0 Å². The summed E-state index contributed by atoms with van der Waals surface area (Å²) in [5.74, 6) is -0.235. The Bertz CT molecular complexity index is 511. The molecule has 8 nitrogen and oxygen atoms in total. The van der Waals surface area contributed by atoms with Gasteiger partial charge in [-0.15, -0.1) is 0 Å². The van der Waals surface area contributed by atoms with Crippen LogP contribution in [0.1, 0.15) is 6.92 Å². The van der Waals surface area contributed by atoms with Gasteiger partial charge in [0, 0.05) is 44.7 Å². The third kappa shape index (κ3) is 3.46. The molecule has 1 aromatic rings. The summed E-state index contributed by atoms with van der Waals surface area (Å²) >= 11 is 0. The highest BCUT2D eigenvalue weighted by Gasteiger charge is 2.24. The standard InChI is InChI=1S/C13H19N5O3/c1-10(8-14)13(19)17-6-4-16(5-7-17)11-2-3-12(15-9-11)18(20)21/h2-3,9-10H,4-8,14H2,1H3. The summed E-state index contributed by atoms with van der Waals surface area (Å²) in [7, 11) is 0. The van der Waals surface area contributed by atoms with Crippen LogP contribution in [0.15, 0.2) is 18.3 Å². The molecule has 0 aromatic carbocycles. The van der Waals surface area contributed by atoms with E-state index in [0.29, 0.717) is 32.7 Å². The molecule has 2 heterocycles. The van der Waals surface area contributed by atoms with Crippen molar-refractivity contribution in [3.63, 3.8) is 0 Å². The molecule has 0 radical (unpaired) electrons. The lowest BCUT2D eigenvalue weighted by Gasteiger charge is -2.36. The fraction of sp³-hybridized carbons (Fsp3) is 0.538. The van der Waals surface area contributed by atoms with Gasteiger partial charge in [0.05, 0.1) is 5.69 Å². The van der Waals surface area contributed by atoms with Crippen molar-refractivity contribution in [3.8, 4) is 0 Å². The molecule has 21 heavy (non-hydrogen) atoms. The molecule has 0 saturated carbocycles. The van der Waals surface area contributed by atoms with Crippen LogP contribution in [0.3, 0.4) is 0 Å². The molecule has 1 fully saturated rings. The van der Waals surface area contributed by atoms with Crippen molar-refractivity contribution in [1.82, 2.24) is 9.88 Å². The first kappa shape index (κ1) is 15.2. The zero-order chi connectivity index (χ0) is 15.4. The van der Waals surface area contributed by atoms with Crippen molar-refractivity contribution in [1.29, 1.82) is 0 Å². The number of carbonyl (C=O) groups excluding carboxylic acids is 1. The molecule has 0 aliphatic carbocycles. The Morgan fingerprint density at radius 1 is 1.43 bits per heavy atom. The van der Waals surface area contributed by atoms with E-state index in [1.54, 1.807) is 6.07 Å². The first-order valence-corrected chi connectivity index (χ1v) is 6.87. The summed E-state index contributed by atoms with van der Waals surface area (Å²) in [5, 5.41) is 10.6. The number of amides is 1. The molecule has 2 rings (SSSR count). The van der Waals surface area contributed by atoms with E-state index in [2.05, 4.69) is 9.88 Å². The summed E-state index contributed by atoms with van der Waals surface area (Å²) in [6.07, 6.45) is 1.50. The Morgan fingerprint density at radius 3 is 2.57 bits per heavy atom. The molecule has 1 saturated heterocycles. The van der Waals surface area contributed by atoms with Gasteiger partial charge in [-0.2, -0.15) is 0 Å². The van der Waals surface area contributed by atoms with Crippen molar-refractivity contribution >= 4 is 17.4 Å². The van der Waals surface area contributed by atoms with Gasteiger partial charge < -0.3 is 25.6 Å². The Kier molecular flexibility index (Phi) is 4.69. The third-order valence-electron chi connectivity index (χ3n) is 3.65. The maximum atomic E-state index is 12.0. The van der Waals surface area contributed by atoms with Crippen LogP contribution in [-0.2, 0) is 4.79 Å². The quantitative estimate of drug-likeness (QED) is 0.629. The van der Waals surface area contributed by atoms with Gasteiger partial charge in [-0.3, -0.25) is 4.79 Å². The topological polar surface area (TPSA) is 106 Å². The number of hydrogen-bond acceptors (Lipinski definition) is 6. The van der Waals surface area contributed by atoms with Crippen molar-refractivity contribution in [2.45, 2.75) is 6.92 Å². The van der Waals surface area contributed by atoms with Gasteiger partial charge >= 0.3 is 5.82 Å². The molecule has 0 bridgehead atoms. The summed E-state index contributed by atoms with van der Waals surface area (Å²) in [6.45, 7) is 4.80. The molecule has 2 N–H and O–H groups in total. The van der Waals surface area contributed by atoms with Crippen molar-refractivity contribution < 1.29 is 9.72 Å². The first-order chi connectivity index (χ1) is 10.0. The van der Waals surface area contributed by atoms with E-state index < -0.39 is 4.92 Å². The van der Waals surface area contributed by atoms with E-state index in [9.17, 15) is 14.9 Å². The lowest BCUT2D eigenvalue weighted by molar-refractivity contribution is -0.389. The first-order valence-electron chi connectivity index (χ1n) is 6.87. The number of pyridine rings is 1. The number of aromatic nitrogens is 1. The summed E-state index contributed by atoms with van der Waals surface area (Å²) in [6, 6.07) is 3.08. The molecule has 1 aromatic heterocycles. The van der Waals surface area contributed by atoms with E-state index in [1.165, 1.54) is 12.3 Å². The van der Waals surface area contributed by atoms with Gasteiger partial charge in [-0.05, 0) is 16.0 Å². The van der Waals surface area contributed by atoms with Crippen LogP contribution in [0.5, 0.6) is 0 Å². The second-order valence-corrected chi connectivity index (χ2v) is 5.08. The van der Waals surface area contributed by atoms with Crippen molar-refractivity contribution in [2.24, 2.45) is 11.7 Å². The van der Waals surface area contributed by atoms with Crippen LogP contribution >= 0.6 is 0 Å². The average Bonchev–Trinajstić information content (AvgIpc) is 2.53. The van der Waals surface area contributed by atoms with Crippen molar-refractivity contribution in [2.75, 3.05) is 37.6 Å². The maximum Gasteiger partial charge on any atom is 0.363 e. The smallest absolute Gasteiger partial charge is 0.363 e. The van der Waals surface area contributed by atoms with Crippen molar-refractivity contribution in [3.05, 3.63) is 28.4 Å². The Balaban J connectivity index is 1.94. The summed E-state index contributed by atoms with van der Waals surface area (Å²) in [5.41, 5.74) is 6.35. The number of piperazine rings is 1. The third-order valence-corrected chi connectivity index (χ3v) is 3.65. The molecule has 1 amide bonds. The fourth-order valence-electron chi connectivity index (χ4n) is 2.27. The number of nitrogens with zero attached hydrogens (tertiary/aromatic N) is 4. The molecule has 8 heteroatoms. The molecule has 1 aliphatic rings. The minimum Gasteiger partial charge on any atom is -0.365 e. The number of nitro groups is 1. The lowest BCUT2D eigenvalue weighted by Crippen LogP contribution is -2.50. The second kappa shape index (κ2) is 6.49. The summed E-state index contributed by atoms with van der Waals surface area (Å²) in [4.78, 5) is 29.8. The normalized spacial score (nSPS) is 16.7. The highest BCUT2D eigenvalue weighted by molar-refractivity contribution is 5.79. The molecule has 1 atom stereocenters. The largest absolute Gasteiger partial charge is 0.365 e. The number of nitrogens with two attached hydrogens (primary N) is 1. The maximum absolute atomic E-state index is 12.0. The predicted octanol–water partition coefficient (Wildman–Crippen LogP) is 0.233. The summed E-state index contributed by atoms with van der Waals surface area (Å²) < 4.78 is 0. The molecule has 0 spiro atoms.